The third-order valence-electron chi connectivity index (χ3n) is 5.68. The number of alkyl halides is 3. The highest BCUT2D eigenvalue weighted by Crippen LogP contribution is 2.32. The molecule has 0 aliphatic heterocycles. The number of benzene rings is 3. The summed E-state index contributed by atoms with van der Waals surface area (Å²) in [6.07, 6.45) is -4.31. The number of halogens is 3. The van der Waals surface area contributed by atoms with Crippen molar-refractivity contribution < 1.29 is 22.7 Å². The van der Waals surface area contributed by atoms with Gasteiger partial charge in [-0.1, -0.05) is 60.2 Å². The Morgan fingerprint density at radius 1 is 0.909 bits per heavy atom. The molecule has 2 atom stereocenters. The maximum Gasteiger partial charge on any atom is 0.416 e. The van der Waals surface area contributed by atoms with E-state index in [0.717, 1.165) is 28.8 Å². The number of amides is 1. The summed E-state index contributed by atoms with van der Waals surface area (Å²) in [5.41, 5.74) is 2.27. The Hall–Kier alpha value is -3.28. The van der Waals surface area contributed by atoms with Crippen LogP contribution in [0.25, 0.3) is 0 Å². The molecule has 33 heavy (non-hydrogen) atoms. The van der Waals surface area contributed by atoms with E-state index in [4.69, 9.17) is 4.74 Å². The molecule has 0 aliphatic carbocycles. The van der Waals surface area contributed by atoms with Crippen LogP contribution in [0.2, 0.25) is 0 Å². The fraction of sp³-hybridized carbons (Fsp3) is 0.296. The van der Waals surface area contributed by atoms with Crippen molar-refractivity contribution in [3.8, 4) is 5.75 Å². The van der Waals surface area contributed by atoms with Crippen LogP contribution < -0.4 is 4.74 Å². The largest absolute Gasteiger partial charge is 0.486 e. The second-order valence-electron chi connectivity index (χ2n) is 8.22. The highest BCUT2D eigenvalue weighted by Gasteiger charge is 2.30. The van der Waals surface area contributed by atoms with Gasteiger partial charge in [0.15, 0.2) is 0 Å². The standard InChI is InChI=1S/C27H28F3NO2/c1-19-9-11-21(12-10-19)20(2)26(32)31(3)18-17-25(22-7-5-4-6-8-22)33-24-15-13-23(14-16-24)27(28,29)30/h4-16,20,25H,17-18H2,1-3H3/t20?,25-/m1/s1. The van der Waals surface area contributed by atoms with Crippen LogP contribution in [0.3, 0.4) is 0 Å². The quantitative estimate of drug-likeness (QED) is 0.374. The van der Waals surface area contributed by atoms with Crippen molar-refractivity contribution in [1.82, 2.24) is 4.90 Å². The summed E-state index contributed by atoms with van der Waals surface area (Å²) in [4.78, 5) is 14.6. The Labute approximate surface area is 192 Å². The summed E-state index contributed by atoms with van der Waals surface area (Å²) in [7, 11) is 1.76. The van der Waals surface area contributed by atoms with Gasteiger partial charge in [-0.15, -0.1) is 0 Å². The van der Waals surface area contributed by atoms with Crippen molar-refractivity contribution in [2.45, 2.75) is 38.5 Å². The summed E-state index contributed by atoms with van der Waals surface area (Å²) in [6, 6.07) is 22.0. The number of nitrogens with zero attached hydrogens (tertiary/aromatic N) is 1. The van der Waals surface area contributed by atoms with E-state index < -0.39 is 17.8 Å². The number of carbonyl (C=O) groups excluding carboxylic acids is 1. The number of ether oxygens (including phenoxy) is 1. The maximum absolute atomic E-state index is 12.9. The SMILES string of the molecule is Cc1ccc(C(C)C(=O)N(C)CC[C@@H](Oc2ccc(C(F)(F)F)cc2)c2ccccc2)cc1. The first-order valence-electron chi connectivity index (χ1n) is 10.9. The van der Waals surface area contributed by atoms with Crippen molar-refractivity contribution in [2.24, 2.45) is 0 Å². The fourth-order valence-electron chi connectivity index (χ4n) is 3.60. The lowest BCUT2D eigenvalue weighted by molar-refractivity contribution is -0.137. The molecule has 3 aromatic carbocycles. The molecule has 0 heterocycles. The highest BCUT2D eigenvalue weighted by atomic mass is 19.4. The van der Waals surface area contributed by atoms with Crippen LogP contribution in [-0.2, 0) is 11.0 Å². The van der Waals surface area contributed by atoms with Gasteiger partial charge in [-0.25, -0.2) is 0 Å². The molecule has 0 aliphatic rings. The van der Waals surface area contributed by atoms with Crippen molar-refractivity contribution in [3.05, 3.63) is 101 Å². The number of rotatable bonds is 8. The number of carbonyl (C=O) groups is 1. The zero-order chi connectivity index (χ0) is 24.0. The lowest BCUT2D eigenvalue weighted by Gasteiger charge is -2.25. The van der Waals surface area contributed by atoms with E-state index in [9.17, 15) is 18.0 Å². The summed E-state index contributed by atoms with van der Waals surface area (Å²) >= 11 is 0. The van der Waals surface area contributed by atoms with E-state index in [0.29, 0.717) is 18.7 Å². The van der Waals surface area contributed by atoms with Crippen LogP contribution in [-0.4, -0.2) is 24.4 Å². The Kier molecular flexibility index (Phi) is 7.79. The third-order valence-corrected chi connectivity index (χ3v) is 5.68. The van der Waals surface area contributed by atoms with Gasteiger partial charge < -0.3 is 9.64 Å². The van der Waals surface area contributed by atoms with E-state index in [1.54, 1.807) is 11.9 Å². The monoisotopic (exact) mass is 455 g/mol. The molecule has 0 saturated heterocycles. The van der Waals surface area contributed by atoms with E-state index >= 15 is 0 Å². The molecule has 0 bridgehead atoms. The molecule has 3 rings (SSSR count). The van der Waals surface area contributed by atoms with Crippen LogP contribution in [0.15, 0.2) is 78.9 Å². The summed E-state index contributed by atoms with van der Waals surface area (Å²) in [5.74, 6) is 0.0701. The maximum atomic E-state index is 12.9. The van der Waals surface area contributed by atoms with Crippen LogP contribution in [0.4, 0.5) is 13.2 Å². The van der Waals surface area contributed by atoms with Gasteiger partial charge in [0.05, 0.1) is 11.5 Å². The summed E-state index contributed by atoms with van der Waals surface area (Å²) < 4.78 is 44.6. The van der Waals surface area contributed by atoms with Gasteiger partial charge in [0, 0.05) is 20.0 Å². The normalized spacial score (nSPS) is 13.3. The predicted molar refractivity (Wildman–Crippen MR) is 123 cm³/mol. The Morgan fingerprint density at radius 2 is 1.52 bits per heavy atom. The van der Waals surface area contributed by atoms with Crippen molar-refractivity contribution in [2.75, 3.05) is 13.6 Å². The predicted octanol–water partition coefficient (Wildman–Crippen LogP) is 6.79. The average Bonchev–Trinajstić information content (AvgIpc) is 2.81. The van der Waals surface area contributed by atoms with Crippen molar-refractivity contribution >= 4 is 5.91 Å². The molecular formula is C27H28F3NO2. The van der Waals surface area contributed by atoms with Gasteiger partial charge in [-0.05, 0) is 49.2 Å². The minimum atomic E-state index is -4.39. The Bertz CT molecular complexity index is 1030. The first-order chi connectivity index (χ1) is 15.6. The Morgan fingerprint density at radius 3 is 2.09 bits per heavy atom. The minimum Gasteiger partial charge on any atom is -0.486 e. The number of aryl methyl sites for hydroxylation is 1. The zero-order valence-corrected chi connectivity index (χ0v) is 19.0. The van der Waals surface area contributed by atoms with Gasteiger partial charge in [0.2, 0.25) is 5.91 Å². The highest BCUT2D eigenvalue weighted by molar-refractivity contribution is 5.83. The van der Waals surface area contributed by atoms with Crippen LogP contribution in [0, 0.1) is 6.92 Å². The lowest BCUT2D eigenvalue weighted by Crippen LogP contribution is -2.32. The van der Waals surface area contributed by atoms with Crippen LogP contribution >= 0.6 is 0 Å². The number of likely N-dealkylation sites (N-methyl/N-ethyl adjacent to an activating group) is 1. The first kappa shape index (κ1) is 24.4. The third kappa shape index (κ3) is 6.60. The fourth-order valence-corrected chi connectivity index (χ4v) is 3.60. The Balaban J connectivity index is 1.69. The summed E-state index contributed by atoms with van der Waals surface area (Å²) in [5, 5.41) is 0. The van der Waals surface area contributed by atoms with Gasteiger partial charge in [0.25, 0.3) is 0 Å². The van der Waals surface area contributed by atoms with E-state index in [2.05, 4.69) is 0 Å². The van der Waals surface area contributed by atoms with Gasteiger partial charge in [0.1, 0.15) is 11.9 Å². The minimum absolute atomic E-state index is 0.000180. The molecule has 0 spiro atoms. The van der Waals surface area contributed by atoms with Crippen molar-refractivity contribution in [1.29, 1.82) is 0 Å². The molecule has 0 fully saturated rings. The summed E-state index contributed by atoms with van der Waals surface area (Å²) in [6.45, 7) is 4.33. The molecule has 6 heteroatoms. The lowest BCUT2D eigenvalue weighted by atomic mass is 9.98. The number of hydrogen-bond donors (Lipinski definition) is 0. The molecule has 3 aromatic rings. The van der Waals surface area contributed by atoms with Gasteiger partial charge >= 0.3 is 6.18 Å². The average molecular weight is 456 g/mol. The molecule has 0 N–H and O–H groups in total. The second-order valence-corrected chi connectivity index (χ2v) is 8.22. The zero-order valence-electron chi connectivity index (χ0n) is 19.0. The molecule has 0 saturated carbocycles. The molecule has 0 aromatic heterocycles. The molecule has 3 nitrogen and oxygen atoms in total. The molecule has 0 radical (unpaired) electrons. The first-order valence-corrected chi connectivity index (χ1v) is 10.9. The van der Waals surface area contributed by atoms with Gasteiger partial charge in [-0.3, -0.25) is 4.79 Å². The molecule has 1 unspecified atom stereocenters. The van der Waals surface area contributed by atoms with Crippen molar-refractivity contribution in [3.63, 3.8) is 0 Å². The molecule has 1 amide bonds. The van der Waals surface area contributed by atoms with Crippen LogP contribution in [0.1, 0.15) is 47.6 Å². The van der Waals surface area contributed by atoms with Crippen LogP contribution in [0.5, 0.6) is 5.75 Å². The van der Waals surface area contributed by atoms with Gasteiger partial charge in [-0.2, -0.15) is 13.2 Å². The topological polar surface area (TPSA) is 29.5 Å². The van der Waals surface area contributed by atoms with E-state index in [1.165, 1.54) is 12.1 Å². The van der Waals surface area contributed by atoms with E-state index in [-0.39, 0.29) is 11.8 Å². The number of hydrogen-bond acceptors (Lipinski definition) is 2. The molecular weight excluding hydrogens is 427 g/mol. The molecule has 174 valence electrons. The van der Waals surface area contributed by atoms with E-state index in [1.807, 2.05) is 68.4 Å². The second kappa shape index (κ2) is 10.6. The smallest absolute Gasteiger partial charge is 0.416 e.